The van der Waals surface area contributed by atoms with Gasteiger partial charge in [0.25, 0.3) is 0 Å². The van der Waals surface area contributed by atoms with Gasteiger partial charge in [-0.3, -0.25) is 0 Å². The van der Waals surface area contributed by atoms with Crippen LogP contribution < -0.4 is 4.74 Å². The molecule has 0 N–H and O–H groups in total. The van der Waals surface area contributed by atoms with Crippen molar-refractivity contribution in [1.82, 2.24) is 0 Å². The summed E-state index contributed by atoms with van der Waals surface area (Å²) in [6.45, 7) is 0. The summed E-state index contributed by atoms with van der Waals surface area (Å²) in [5, 5.41) is 9.33. The van der Waals surface area contributed by atoms with Crippen molar-refractivity contribution in [1.29, 1.82) is 5.26 Å². The van der Waals surface area contributed by atoms with Gasteiger partial charge in [-0.2, -0.15) is 5.26 Å². The van der Waals surface area contributed by atoms with Crippen molar-refractivity contribution >= 4 is 23.2 Å². The number of hydrogen-bond donors (Lipinski definition) is 0. The zero-order valence-electron chi connectivity index (χ0n) is 9.36. The molecule has 18 heavy (non-hydrogen) atoms. The Labute approximate surface area is 115 Å². The van der Waals surface area contributed by atoms with E-state index in [1.54, 1.807) is 30.3 Å². The predicted molar refractivity (Wildman–Crippen MR) is 72.2 cm³/mol. The van der Waals surface area contributed by atoms with E-state index in [9.17, 15) is 0 Å². The predicted octanol–water partition coefficient (Wildman–Crippen LogP) is 4.74. The van der Waals surface area contributed by atoms with Gasteiger partial charge in [0.1, 0.15) is 11.5 Å². The van der Waals surface area contributed by atoms with Crippen LogP contribution in [0.2, 0.25) is 5.02 Å². The summed E-state index contributed by atoms with van der Waals surface area (Å²) in [5.41, 5.74) is 1.35. The molecule has 0 aromatic heterocycles. The summed E-state index contributed by atoms with van der Waals surface area (Å²) in [6.07, 6.45) is 0. The molecular weight excluding hydrogens is 269 g/mol. The van der Waals surface area contributed by atoms with E-state index in [4.69, 9.17) is 33.2 Å². The Kier molecular flexibility index (Phi) is 4.09. The number of alkyl halides is 1. The summed E-state index contributed by atoms with van der Waals surface area (Å²) < 4.78 is 5.71. The Balaban J connectivity index is 2.37. The highest BCUT2D eigenvalue weighted by atomic mass is 35.5. The van der Waals surface area contributed by atoms with Crippen LogP contribution in [0.25, 0.3) is 0 Å². The number of nitriles is 1. The third-order valence-electron chi connectivity index (χ3n) is 2.38. The van der Waals surface area contributed by atoms with Gasteiger partial charge < -0.3 is 4.74 Å². The molecule has 0 aliphatic rings. The van der Waals surface area contributed by atoms with Gasteiger partial charge in [-0.1, -0.05) is 29.8 Å². The lowest BCUT2D eigenvalue weighted by Gasteiger charge is -2.11. The fourth-order valence-corrected chi connectivity index (χ4v) is 1.96. The molecule has 0 radical (unpaired) electrons. The van der Waals surface area contributed by atoms with Gasteiger partial charge in [-0.15, -0.1) is 11.6 Å². The van der Waals surface area contributed by atoms with Gasteiger partial charge >= 0.3 is 0 Å². The molecule has 0 atom stereocenters. The van der Waals surface area contributed by atoms with E-state index in [0.717, 1.165) is 5.56 Å². The standard InChI is InChI=1S/C14H9Cl2NO/c15-8-11-4-2-6-13(16)14(11)18-12-5-1-3-10(7-12)9-17/h1-7H,8H2. The fourth-order valence-electron chi connectivity index (χ4n) is 1.52. The van der Waals surface area contributed by atoms with E-state index in [0.29, 0.717) is 28.0 Å². The minimum Gasteiger partial charge on any atom is -0.455 e. The maximum Gasteiger partial charge on any atom is 0.150 e. The van der Waals surface area contributed by atoms with Crippen molar-refractivity contribution in [2.75, 3.05) is 0 Å². The monoisotopic (exact) mass is 277 g/mol. The second-order valence-corrected chi connectivity index (χ2v) is 4.28. The second-order valence-electron chi connectivity index (χ2n) is 3.60. The Morgan fingerprint density at radius 1 is 1.17 bits per heavy atom. The largest absolute Gasteiger partial charge is 0.455 e. The molecule has 0 heterocycles. The zero-order chi connectivity index (χ0) is 13.0. The molecule has 0 aliphatic carbocycles. The molecule has 2 rings (SSSR count). The van der Waals surface area contributed by atoms with Crippen molar-refractivity contribution in [3.63, 3.8) is 0 Å². The van der Waals surface area contributed by atoms with Crippen molar-refractivity contribution < 1.29 is 4.74 Å². The van der Waals surface area contributed by atoms with Gasteiger partial charge in [0, 0.05) is 5.56 Å². The molecule has 0 saturated heterocycles. The van der Waals surface area contributed by atoms with Crippen LogP contribution in [0.3, 0.4) is 0 Å². The highest BCUT2D eigenvalue weighted by Gasteiger charge is 2.09. The molecule has 0 unspecified atom stereocenters. The number of halogens is 2. The molecule has 0 bridgehead atoms. The molecule has 0 aliphatic heterocycles. The normalized spacial score (nSPS) is 9.83. The lowest BCUT2D eigenvalue weighted by molar-refractivity contribution is 0.478. The number of ether oxygens (including phenoxy) is 1. The van der Waals surface area contributed by atoms with Crippen molar-refractivity contribution in [3.05, 3.63) is 58.6 Å². The quantitative estimate of drug-likeness (QED) is 0.759. The third-order valence-corrected chi connectivity index (χ3v) is 2.96. The smallest absolute Gasteiger partial charge is 0.150 e. The van der Waals surface area contributed by atoms with Gasteiger partial charge in [0.2, 0.25) is 0 Å². The molecular formula is C14H9Cl2NO. The van der Waals surface area contributed by atoms with Gasteiger partial charge in [0.05, 0.1) is 22.5 Å². The summed E-state index contributed by atoms with van der Waals surface area (Å²) in [6, 6.07) is 14.3. The number of nitrogens with zero attached hydrogens (tertiary/aromatic N) is 1. The molecule has 4 heteroatoms. The van der Waals surface area contributed by atoms with Crippen LogP contribution in [-0.4, -0.2) is 0 Å². The SMILES string of the molecule is N#Cc1cccc(Oc2c(Cl)cccc2CCl)c1. The number of rotatable bonds is 3. The molecule has 0 spiro atoms. The van der Waals surface area contributed by atoms with Crippen molar-refractivity contribution in [3.8, 4) is 17.6 Å². The molecule has 0 saturated carbocycles. The minimum atomic E-state index is 0.313. The highest BCUT2D eigenvalue weighted by molar-refractivity contribution is 6.32. The van der Waals surface area contributed by atoms with Crippen LogP contribution in [0, 0.1) is 11.3 Å². The second kappa shape index (κ2) is 5.77. The Bertz CT molecular complexity index is 605. The van der Waals surface area contributed by atoms with Crippen molar-refractivity contribution in [2.24, 2.45) is 0 Å². The topological polar surface area (TPSA) is 33.0 Å². The van der Waals surface area contributed by atoms with Crippen LogP contribution in [0.15, 0.2) is 42.5 Å². The van der Waals surface area contributed by atoms with E-state index in [1.807, 2.05) is 12.1 Å². The first-order valence-corrected chi connectivity index (χ1v) is 6.17. The van der Waals surface area contributed by atoms with E-state index >= 15 is 0 Å². The summed E-state index contributed by atoms with van der Waals surface area (Å²) >= 11 is 11.9. The maximum absolute atomic E-state index is 8.83. The first kappa shape index (κ1) is 12.8. The van der Waals surface area contributed by atoms with E-state index < -0.39 is 0 Å². The van der Waals surface area contributed by atoms with Gasteiger partial charge in [-0.25, -0.2) is 0 Å². The third kappa shape index (κ3) is 2.76. The van der Waals surface area contributed by atoms with E-state index in [1.165, 1.54) is 0 Å². The fraction of sp³-hybridized carbons (Fsp3) is 0.0714. The first-order chi connectivity index (χ1) is 8.74. The zero-order valence-corrected chi connectivity index (χ0v) is 10.9. The number of benzene rings is 2. The average Bonchev–Trinajstić information content (AvgIpc) is 2.41. The first-order valence-electron chi connectivity index (χ1n) is 5.26. The van der Waals surface area contributed by atoms with Crippen LogP contribution in [-0.2, 0) is 5.88 Å². The molecule has 2 aromatic rings. The molecule has 90 valence electrons. The summed E-state index contributed by atoms with van der Waals surface area (Å²) in [5.74, 6) is 1.41. The Morgan fingerprint density at radius 3 is 2.67 bits per heavy atom. The minimum absolute atomic E-state index is 0.313. The van der Waals surface area contributed by atoms with Crippen LogP contribution in [0.4, 0.5) is 0 Å². The number of para-hydroxylation sites is 1. The van der Waals surface area contributed by atoms with Crippen LogP contribution in [0.5, 0.6) is 11.5 Å². The lowest BCUT2D eigenvalue weighted by atomic mass is 10.2. The number of hydrogen-bond acceptors (Lipinski definition) is 2. The molecule has 2 aromatic carbocycles. The van der Waals surface area contributed by atoms with Gasteiger partial charge in [0.15, 0.2) is 0 Å². The summed E-state index contributed by atoms with van der Waals surface area (Å²) in [4.78, 5) is 0. The van der Waals surface area contributed by atoms with Crippen LogP contribution in [0.1, 0.15) is 11.1 Å². The summed E-state index contributed by atoms with van der Waals surface area (Å²) in [7, 11) is 0. The Hall–Kier alpha value is -1.69. The van der Waals surface area contributed by atoms with Gasteiger partial charge in [-0.05, 0) is 24.3 Å². The van der Waals surface area contributed by atoms with Crippen LogP contribution >= 0.6 is 23.2 Å². The molecule has 2 nitrogen and oxygen atoms in total. The Morgan fingerprint density at radius 2 is 1.94 bits per heavy atom. The van der Waals surface area contributed by atoms with Crippen molar-refractivity contribution in [2.45, 2.75) is 5.88 Å². The molecule has 0 amide bonds. The highest BCUT2D eigenvalue weighted by Crippen LogP contribution is 2.33. The van der Waals surface area contributed by atoms with E-state index in [-0.39, 0.29) is 0 Å². The van der Waals surface area contributed by atoms with E-state index in [2.05, 4.69) is 6.07 Å². The average molecular weight is 278 g/mol. The lowest BCUT2D eigenvalue weighted by Crippen LogP contribution is -1.91. The molecule has 0 fully saturated rings. The maximum atomic E-state index is 8.83.